The van der Waals surface area contributed by atoms with E-state index in [1.54, 1.807) is 0 Å². The molecule has 0 amide bonds. The zero-order valence-electron chi connectivity index (χ0n) is 66.1. The molecule has 3 N–H and O–H groups in total. The molecule has 5 atom stereocenters. The Morgan fingerprint density at radius 2 is 0.455 bits per heavy atom. The van der Waals surface area contributed by atoms with Crippen molar-refractivity contribution in [3.63, 3.8) is 0 Å². The first-order chi connectivity index (χ1) is 49.0. The van der Waals surface area contributed by atoms with Gasteiger partial charge in [-0.25, -0.2) is 9.13 Å². The van der Waals surface area contributed by atoms with E-state index in [0.717, 1.165) is 102 Å². The molecule has 0 bridgehead atoms. The van der Waals surface area contributed by atoms with Crippen LogP contribution in [0.15, 0.2) is 0 Å². The van der Waals surface area contributed by atoms with Crippen molar-refractivity contribution in [2.24, 2.45) is 5.92 Å². The lowest BCUT2D eigenvalue weighted by Gasteiger charge is -2.21. The van der Waals surface area contributed by atoms with E-state index in [1.807, 2.05) is 0 Å². The van der Waals surface area contributed by atoms with Crippen molar-refractivity contribution in [1.29, 1.82) is 0 Å². The number of aliphatic hydroxyl groups excluding tert-OH is 1. The predicted octanol–water partition coefficient (Wildman–Crippen LogP) is 24.8. The number of esters is 4. The van der Waals surface area contributed by atoms with Crippen LogP contribution in [0.4, 0.5) is 0 Å². The number of hydrogen-bond acceptors (Lipinski definition) is 15. The van der Waals surface area contributed by atoms with Crippen molar-refractivity contribution >= 4 is 39.5 Å². The normalized spacial score (nSPS) is 13.8. The molecule has 17 nitrogen and oxygen atoms in total. The third-order valence-corrected chi connectivity index (χ3v) is 21.2. The average molecular weight is 1480 g/mol. The molecule has 0 aliphatic carbocycles. The van der Waals surface area contributed by atoms with Gasteiger partial charge in [-0.05, 0) is 31.6 Å². The maximum Gasteiger partial charge on any atom is 0.472 e. The molecule has 0 saturated heterocycles. The molecule has 101 heavy (non-hydrogen) atoms. The maximum absolute atomic E-state index is 13.1. The van der Waals surface area contributed by atoms with Gasteiger partial charge in [-0.1, -0.05) is 388 Å². The van der Waals surface area contributed by atoms with Gasteiger partial charge in [0.25, 0.3) is 0 Å². The van der Waals surface area contributed by atoms with Crippen molar-refractivity contribution in [1.82, 2.24) is 0 Å². The van der Waals surface area contributed by atoms with E-state index in [9.17, 15) is 43.2 Å². The molecule has 0 aliphatic heterocycles. The van der Waals surface area contributed by atoms with E-state index in [2.05, 4.69) is 34.6 Å². The van der Waals surface area contributed by atoms with Crippen LogP contribution in [0.3, 0.4) is 0 Å². The van der Waals surface area contributed by atoms with E-state index >= 15 is 0 Å². The van der Waals surface area contributed by atoms with Gasteiger partial charge in [0.15, 0.2) is 12.2 Å². The molecule has 0 rings (SSSR count). The molecule has 0 spiro atoms. The molecule has 0 aromatic rings. The van der Waals surface area contributed by atoms with Gasteiger partial charge in [-0.3, -0.25) is 37.3 Å². The summed E-state index contributed by atoms with van der Waals surface area (Å²) in [6, 6.07) is 0. The van der Waals surface area contributed by atoms with Crippen molar-refractivity contribution in [3.8, 4) is 0 Å². The predicted molar refractivity (Wildman–Crippen MR) is 414 cm³/mol. The Labute approximate surface area is 619 Å². The smallest absolute Gasteiger partial charge is 0.462 e. The van der Waals surface area contributed by atoms with Crippen LogP contribution in [0.1, 0.15) is 439 Å². The highest BCUT2D eigenvalue weighted by molar-refractivity contribution is 7.47. The number of ether oxygens (including phenoxy) is 4. The quantitative estimate of drug-likeness (QED) is 0.0222. The van der Waals surface area contributed by atoms with Crippen LogP contribution in [0.25, 0.3) is 0 Å². The van der Waals surface area contributed by atoms with Gasteiger partial charge in [-0.15, -0.1) is 0 Å². The fourth-order valence-corrected chi connectivity index (χ4v) is 14.3. The summed E-state index contributed by atoms with van der Waals surface area (Å²) < 4.78 is 68.6. The van der Waals surface area contributed by atoms with Crippen LogP contribution < -0.4 is 0 Å². The molecular weight excluding hydrogens is 1320 g/mol. The molecule has 19 heteroatoms. The second kappa shape index (κ2) is 74.9. The number of carbonyl (C=O) groups excluding carboxylic acids is 4. The molecule has 0 heterocycles. The Kier molecular flexibility index (Phi) is 73.5. The number of unbranched alkanes of at least 4 members (excludes halogenated alkanes) is 54. The number of aliphatic hydroxyl groups is 1. The SMILES string of the molecule is CCCCCCCCCCCCCCCCCCCCCCCC(=O)OC[C@H](COP(=O)(O)OC[C@@H](O)COP(=O)(O)OC[C@@H](COC(=O)CCCCCCCCCC)OC(=O)CCCCCCCCCCCCC)OC(=O)CCCCCCCCCCCCCCCCCCCCC(C)C. The molecule has 2 unspecified atom stereocenters. The van der Waals surface area contributed by atoms with Crippen LogP contribution in [0.5, 0.6) is 0 Å². The highest BCUT2D eigenvalue weighted by Gasteiger charge is 2.30. The lowest BCUT2D eigenvalue weighted by atomic mass is 10.0. The minimum atomic E-state index is -4.96. The van der Waals surface area contributed by atoms with Gasteiger partial charge in [0.2, 0.25) is 0 Å². The molecule has 0 aliphatic rings. The summed E-state index contributed by atoms with van der Waals surface area (Å²) in [6.45, 7) is 7.33. The standard InChI is InChI=1S/C82H160O17P2/c1-6-9-12-15-18-21-23-24-25-26-27-28-29-33-36-39-43-46-51-56-61-66-80(85)93-72-78(99-82(87)68-63-58-53-48-44-40-37-34-31-30-32-35-38-42-45-49-54-59-64-75(4)5)74-97-101(90,91)95-70-76(83)69-94-100(88,89)96-73-77(71-92-79(84)65-60-55-50-20-17-14-11-8-3)98-81(86)67-62-57-52-47-41-22-19-16-13-10-7-2/h75-78,83H,6-74H2,1-5H3,(H,88,89)(H,90,91)/t76-,77+,78+/m0/s1. The summed E-state index contributed by atoms with van der Waals surface area (Å²) in [5, 5.41) is 10.6. The van der Waals surface area contributed by atoms with Crippen LogP contribution >= 0.6 is 15.6 Å². The summed E-state index contributed by atoms with van der Waals surface area (Å²) in [4.78, 5) is 72.9. The van der Waals surface area contributed by atoms with Crippen LogP contribution in [0.2, 0.25) is 0 Å². The Morgan fingerprint density at radius 3 is 0.673 bits per heavy atom. The minimum absolute atomic E-state index is 0.107. The fraction of sp³-hybridized carbons (Fsp3) is 0.951. The van der Waals surface area contributed by atoms with Crippen molar-refractivity contribution in [2.45, 2.75) is 457 Å². The molecule has 0 aromatic heterocycles. The zero-order chi connectivity index (χ0) is 74.1. The molecule has 0 fully saturated rings. The van der Waals surface area contributed by atoms with Gasteiger partial charge in [-0.2, -0.15) is 0 Å². The van der Waals surface area contributed by atoms with E-state index in [1.165, 1.54) is 257 Å². The average Bonchev–Trinajstić information content (AvgIpc) is 0.966. The van der Waals surface area contributed by atoms with Crippen molar-refractivity contribution in [2.75, 3.05) is 39.6 Å². The second-order valence-corrected chi connectivity index (χ2v) is 32.9. The minimum Gasteiger partial charge on any atom is -0.462 e. The molecule has 0 aromatic carbocycles. The van der Waals surface area contributed by atoms with Gasteiger partial charge in [0, 0.05) is 25.7 Å². The lowest BCUT2D eigenvalue weighted by molar-refractivity contribution is -0.161. The van der Waals surface area contributed by atoms with Gasteiger partial charge >= 0.3 is 39.5 Å². The first kappa shape index (κ1) is 99.1. The number of hydrogen-bond donors (Lipinski definition) is 3. The summed E-state index contributed by atoms with van der Waals surface area (Å²) in [6.07, 6.45) is 66.9. The fourth-order valence-electron chi connectivity index (χ4n) is 12.8. The lowest BCUT2D eigenvalue weighted by Crippen LogP contribution is -2.30. The van der Waals surface area contributed by atoms with Gasteiger partial charge in [0.1, 0.15) is 19.3 Å². The van der Waals surface area contributed by atoms with Crippen LogP contribution in [-0.2, 0) is 65.4 Å². The first-order valence-electron chi connectivity index (χ1n) is 42.6. The summed E-state index contributed by atoms with van der Waals surface area (Å²) >= 11 is 0. The number of rotatable bonds is 82. The highest BCUT2D eigenvalue weighted by atomic mass is 31.2. The Morgan fingerprint density at radius 1 is 0.267 bits per heavy atom. The Bertz CT molecular complexity index is 1930. The van der Waals surface area contributed by atoms with Gasteiger partial charge in [0.05, 0.1) is 26.4 Å². The largest absolute Gasteiger partial charge is 0.472 e. The number of phosphoric ester groups is 2. The maximum atomic E-state index is 13.1. The Hall–Kier alpha value is -1.94. The van der Waals surface area contributed by atoms with E-state index < -0.39 is 97.5 Å². The third-order valence-electron chi connectivity index (χ3n) is 19.3. The number of phosphoric acid groups is 2. The van der Waals surface area contributed by atoms with Crippen LogP contribution in [-0.4, -0.2) is 96.7 Å². The van der Waals surface area contributed by atoms with E-state index in [-0.39, 0.29) is 25.7 Å². The molecule has 0 saturated carbocycles. The van der Waals surface area contributed by atoms with E-state index in [4.69, 9.17) is 37.0 Å². The highest BCUT2D eigenvalue weighted by Crippen LogP contribution is 2.45. The summed E-state index contributed by atoms with van der Waals surface area (Å²) in [5.41, 5.74) is 0. The second-order valence-electron chi connectivity index (χ2n) is 30.0. The number of carbonyl (C=O) groups is 4. The third kappa shape index (κ3) is 76.1. The first-order valence-corrected chi connectivity index (χ1v) is 45.6. The van der Waals surface area contributed by atoms with Crippen LogP contribution in [0, 0.1) is 5.92 Å². The van der Waals surface area contributed by atoms with Crippen molar-refractivity contribution in [3.05, 3.63) is 0 Å². The monoisotopic (exact) mass is 1480 g/mol. The topological polar surface area (TPSA) is 237 Å². The van der Waals surface area contributed by atoms with Crippen molar-refractivity contribution < 1.29 is 80.2 Å². The molecular formula is C82H160O17P2. The zero-order valence-corrected chi connectivity index (χ0v) is 67.8. The Balaban J connectivity index is 5.15. The van der Waals surface area contributed by atoms with E-state index in [0.29, 0.717) is 25.7 Å². The summed E-state index contributed by atoms with van der Waals surface area (Å²) in [5.74, 6) is -1.29. The molecule has 0 radical (unpaired) electrons. The van der Waals surface area contributed by atoms with Gasteiger partial charge < -0.3 is 33.8 Å². The summed E-state index contributed by atoms with van der Waals surface area (Å²) in [7, 11) is -9.91. The molecule has 600 valence electrons.